The second kappa shape index (κ2) is 3.67. The molecule has 0 fully saturated rings. The highest BCUT2D eigenvalue weighted by Crippen LogP contribution is 2.16. The van der Waals surface area contributed by atoms with E-state index in [0.29, 0.717) is 16.0 Å². The molecule has 0 aliphatic rings. The van der Waals surface area contributed by atoms with Crippen LogP contribution in [0.25, 0.3) is 0 Å². The normalized spacial score (nSPS) is 10.1. The van der Waals surface area contributed by atoms with Crippen LogP contribution in [0, 0.1) is 6.92 Å². The third kappa shape index (κ3) is 1.93. The summed E-state index contributed by atoms with van der Waals surface area (Å²) in [6.07, 6.45) is 0. The Morgan fingerprint density at radius 3 is 2.25 bits per heavy atom. The molecule has 64 valence electrons. The first-order valence-corrected chi connectivity index (χ1v) is 4.09. The van der Waals surface area contributed by atoms with E-state index < -0.39 is 7.12 Å². The third-order valence-electron chi connectivity index (χ3n) is 1.56. The molecule has 1 rings (SSSR count). The molecule has 0 spiro atoms. The van der Waals surface area contributed by atoms with Crippen LogP contribution in [0.3, 0.4) is 0 Å². The van der Waals surface area contributed by atoms with E-state index in [1.54, 1.807) is 13.0 Å². The number of aryl methyl sites for hydroxylation is 1. The van der Waals surface area contributed by atoms with Crippen LogP contribution in [0.2, 0.25) is 10.0 Å². The van der Waals surface area contributed by atoms with E-state index in [4.69, 9.17) is 33.2 Å². The molecule has 0 radical (unpaired) electrons. The lowest BCUT2D eigenvalue weighted by molar-refractivity contribution is 0.425. The van der Waals surface area contributed by atoms with Crippen LogP contribution in [0.5, 0.6) is 0 Å². The standard InChI is InChI=1S/C7H7BCl2O2/c1-4-2-5(9)3-6(10)7(4)8(11)12/h2-3,11-12H,1H3. The highest BCUT2D eigenvalue weighted by molar-refractivity contribution is 6.63. The zero-order valence-corrected chi connectivity index (χ0v) is 7.89. The molecule has 0 saturated carbocycles. The van der Waals surface area contributed by atoms with Crippen molar-refractivity contribution in [1.29, 1.82) is 0 Å². The number of hydrogen-bond acceptors (Lipinski definition) is 2. The smallest absolute Gasteiger partial charge is 0.423 e. The molecule has 1 aromatic rings. The van der Waals surface area contributed by atoms with Gasteiger partial charge in [0.1, 0.15) is 0 Å². The molecule has 2 nitrogen and oxygen atoms in total. The zero-order chi connectivity index (χ0) is 9.30. The fourth-order valence-electron chi connectivity index (χ4n) is 1.04. The lowest BCUT2D eigenvalue weighted by Gasteiger charge is -2.06. The summed E-state index contributed by atoms with van der Waals surface area (Å²) >= 11 is 11.4. The monoisotopic (exact) mass is 204 g/mol. The summed E-state index contributed by atoms with van der Waals surface area (Å²) in [7, 11) is -1.55. The Balaban J connectivity index is 3.28. The summed E-state index contributed by atoms with van der Waals surface area (Å²) in [5.74, 6) is 0. The van der Waals surface area contributed by atoms with Crippen LogP contribution in [0.1, 0.15) is 5.56 Å². The molecule has 5 heteroatoms. The minimum absolute atomic E-state index is 0.273. The Labute approximate surface area is 80.9 Å². The van der Waals surface area contributed by atoms with Gasteiger partial charge in [-0.05, 0) is 24.6 Å². The van der Waals surface area contributed by atoms with Gasteiger partial charge >= 0.3 is 7.12 Å². The van der Waals surface area contributed by atoms with Gasteiger partial charge in [0.05, 0.1) is 0 Å². The van der Waals surface area contributed by atoms with Crippen molar-refractivity contribution in [3.05, 3.63) is 27.7 Å². The first-order chi connectivity index (χ1) is 5.52. The molecular formula is C7H7BCl2O2. The molecule has 0 aliphatic heterocycles. The Morgan fingerprint density at radius 2 is 1.83 bits per heavy atom. The maximum Gasteiger partial charge on any atom is 0.490 e. The first kappa shape index (κ1) is 9.87. The molecule has 1 aromatic carbocycles. The topological polar surface area (TPSA) is 40.5 Å². The van der Waals surface area contributed by atoms with Gasteiger partial charge in [-0.25, -0.2) is 0 Å². The van der Waals surface area contributed by atoms with E-state index in [0.717, 1.165) is 0 Å². The largest absolute Gasteiger partial charge is 0.490 e. The van der Waals surface area contributed by atoms with Crippen LogP contribution < -0.4 is 5.46 Å². The van der Waals surface area contributed by atoms with E-state index in [1.807, 2.05) is 0 Å². The number of benzene rings is 1. The fourth-order valence-corrected chi connectivity index (χ4v) is 1.73. The van der Waals surface area contributed by atoms with Crippen LogP contribution in [-0.4, -0.2) is 17.2 Å². The maximum absolute atomic E-state index is 8.90. The minimum atomic E-state index is -1.55. The SMILES string of the molecule is Cc1cc(Cl)cc(Cl)c1B(O)O. The molecule has 12 heavy (non-hydrogen) atoms. The van der Waals surface area contributed by atoms with Gasteiger partial charge in [-0.2, -0.15) is 0 Å². The van der Waals surface area contributed by atoms with Gasteiger partial charge in [0.15, 0.2) is 0 Å². The van der Waals surface area contributed by atoms with E-state index in [9.17, 15) is 0 Å². The number of hydrogen-bond donors (Lipinski definition) is 2. The molecule has 0 heterocycles. The molecule has 2 N–H and O–H groups in total. The van der Waals surface area contributed by atoms with Gasteiger partial charge < -0.3 is 10.0 Å². The van der Waals surface area contributed by atoms with Gasteiger partial charge in [0.2, 0.25) is 0 Å². The van der Waals surface area contributed by atoms with Crippen molar-refractivity contribution < 1.29 is 10.0 Å². The molecule has 0 atom stereocenters. The predicted octanol–water partition coefficient (Wildman–Crippen LogP) is 0.982. The lowest BCUT2D eigenvalue weighted by atomic mass is 9.77. The number of rotatable bonds is 1. The summed E-state index contributed by atoms with van der Waals surface area (Å²) < 4.78 is 0. The molecule has 0 aliphatic carbocycles. The Kier molecular flexibility index (Phi) is 3.01. The second-order valence-corrected chi connectivity index (χ2v) is 3.34. The van der Waals surface area contributed by atoms with Crippen molar-refractivity contribution in [3.8, 4) is 0 Å². The number of halogens is 2. The van der Waals surface area contributed by atoms with Gasteiger partial charge in [0, 0.05) is 15.5 Å². The van der Waals surface area contributed by atoms with Crippen LogP contribution in [0.15, 0.2) is 12.1 Å². The van der Waals surface area contributed by atoms with Gasteiger partial charge in [-0.1, -0.05) is 23.2 Å². The minimum Gasteiger partial charge on any atom is -0.423 e. The zero-order valence-electron chi connectivity index (χ0n) is 6.38. The molecule has 0 amide bonds. The highest BCUT2D eigenvalue weighted by Gasteiger charge is 2.18. The summed E-state index contributed by atoms with van der Waals surface area (Å²) in [6.45, 7) is 1.71. The average molecular weight is 205 g/mol. The summed E-state index contributed by atoms with van der Waals surface area (Å²) in [5, 5.41) is 18.6. The van der Waals surface area contributed by atoms with Gasteiger partial charge in [-0.15, -0.1) is 0 Å². The Hall–Kier alpha value is -0.215. The third-order valence-corrected chi connectivity index (χ3v) is 2.09. The van der Waals surface area contributed by atoms with Crippen LogP contribution >= 0.6 is 23.2 Å². The van der Waals surface area contributed by atoms with Crippen molar-refractivity contribution in [2.75, 3.05) is 0 Å². The van der Waals surface area contributed by atoms with Crippen molar-refractivity contribution in [3.63, 3.8) is 0 Å². The summed E-state index contributed by atoms with van der Waals surface area (Å²) in [5.41, 5.74) is 0.976. The van der Waals surface area contributed by atoms with Gasteiger partial charge in [-0.3, -0.25) is 0 Å². The molecule has 0 bridgehead atoms. The van der Waals surface area contributed by atoms with Crippen LogP contribution in [0.4, 0.5) is 0 Å². The van der Waals surface area contributed by atoms with Crippen molar-refractivity contribution >= 4 is 35.8 Å². The Morgan fingerprint density at radius 1 is 1.25 bits per heavy atom. The van der Waals surface area contributed by atoms with E-state index >= 15 is 0 Å². The van der Waals surface area contributed by atoms with E-state index in [2.05, 4.69) is 0 Å². The average Bonchev–Trinajstić information content (AvgIpc) is 1.82. The quantitative estimate of drug-likeness (QED) is 0.670. The summed E-state index contributed by atoms with van der Waals surface area (Å²) in [4.78, 5) is 0. The molecule has 0 aromatic heterocycles. The molecule has 0 saturated heterocycles. The van der Waals surface area contributed by atoms with Crippen molar-refractivity contribution in [2.45, 2.75) is 6.92 Å². The molecular weight excluding hydrogens is 198 g/mol. The molecule has 0 unspecified atom stereocenters. The first-order valence-electron chi connectivity index (χ1n) is 3.34. The van der Waals surface area contributed by atoms with Crippen molar-refractivity contribution in [2.24, 2.45) is 0 Å². The highest BCUT2D eigenvalue weighted by atomic mass is 35.5. The lowest BCUT2D eigenvalue weighted by Crippen LogP contribution is -2.33. The van der Waals surface area contributed by atoms with E-state index in [1.165, 1.54) is 6.07 Å². The van der Waals surface area contributed by atoms with Gasteiger partial charge in [0.25, 0.3) is 0 Å². The van der Waals surface area contributed by atoms with Crippen LogP contribution in [-0.2, 0) is 0 Å². The maximum atomic E-state index is 8.90. The second-order valence-electron chi connectivity index (χ2n) is 2.49. The van der Waals surface area contributed by atoms with E-state index in [-0.39, 0.29) is 5.02 Å². The summed E-state index contributed by atoms with van der Waals surface area (Å²) in [6, 6.07) is 3.10. The fraction of sp³-hybridized carbons (Fsp3) is 0.143. The predicted molar refractivity (Wildman–Crippen MR) is 51.0 cm³/mol. The Bertz CT molecular complexity index is 278. The van der Waals surface area contributed by atoms with Crippen molar-refractivity contribution in [1.82, 2.24) is 0 Å².